The van der Waals surface area contributed by atoms with Crippen molar-refractivity contribution in [1.82, 2.24) is 10.3 Å². The zero-order valence-corrected chi connectivity index (χ0v) is 19.6. The molecule has 0 radical (unpaired) electrons. The van der Waals surface area contributed by atoms with Crippen molar-refractivity contribution in [3.05, 3.63) is 95.6 Å². The van der Waals surface area contributed by atoms with Gasteiger partial charge >= 0.3 is 0 Å². The van der Waals surface area contributed by atoms with Crippen LogP contribution in [-0.2, 0) is 10.0 Å². The summed E-state index contributed by atoms with van der Waals surface area (Å²) in [4.78, 5) is 15.6. The molecule has 0 spiro atoms. The molecule has 0 saturated heterocycles. The number of carbonyl (C=O) groups excluding carboxylic acids is 1. The first-order valence-corrected chi connectivity index (χ1v) is 11.9. The van der Waals surface area contributed by atoms with Crippen LogP contribution >= 0.6 is 0 Å². The van der Waals surface area contributed by atoms with Crippen LogP contribution < -0.4 is 14.8 Å². The van der Waals surface area contributed by atoms with E-state index in [1.54, 1.807) is 30.3 Å². The first kappa shape index (κ1) is 24.2. The molecule has 0 atom stereocenters. The van der Waals surface area contributed by atoms with Crippen LogP contribution in [0.2, 0.25) is 0 Å². The van der Waals surface area contributed by atoms with Crippen LogP contribution in [0.15, 0.2) is 77.8 Å². The lowest BCUT2D eigenvalue weighted by Crippen LogP contribution is -2.18. The first-order valence-electron chi connectivity index (χ1n) is 10.4. The largest absolute Gasteiger partial charge is 0.496 e. The summed E-state index contributed by atoms with van der Waals surface area (Å²) >= 11 is 0. The summed E-state index contributed by atoms with van der Waals surface area (Å²) in [5.41, 5.74) is 0.597. The van der Waals surface area contributed by atoms with E-state index in [9.17, 15) is 17.6 Å². The van der Waals surface area contributed by atoms with Gasteiger partial charge in [0, 0.05) is 22.5 Å². The van der Waals surface area contributed by atoms with Crippen molar-refractivity contribution in [2.45, 2.75) is 4.90 Å². The van der Waals surface area contributed by atoms with Crippen molar-refractivity contribution in [1.29, 1.82) is 5.26 Å². The third kappa shape index (κ3) is 5.09. The van der Waals surface area contributed by atoms with E-state index in [0.29, 0.717) is 22.1 Å². The Balaban J connectivity index is 1.68. The van der Waals surface area contributed by atoms with Crippen LogP contribution in [0, 0.1) is 29.1 Å². The number of ether oxygens (including phenoxy) is 1. The van der Waals surface area contributed by atoms with Gasteiger partial charge in [0.25, 0.3) is 15.9 Å². The smallest absolute Gasteiger partial charge is 0.282 e. The molecule has 36 heavy (non-hydrogen) atoms. The van der Waals surface area contributed by atoms with E-state index >= 15 is 0 Å². The van der Waals surface area contributed by atoms with E-state index in [1.165, 1.54) is 43.8 Å². The fraction of sp³-hybridized carbons (Fsp3) is 0.0385. The molecule has 2 N–H and O–H groups in total. The number of rotatable bonds is 5. The molecule has 0 saturated carbocycles. The Morgan fingerprint density at radius 2 is 1.81 bits per heavy atom. The minimum absolute atomic E-state index is 0.0213. The van der Waals surface area contributed by atoms with Gasteiger partial charge in [-0.05, 0) is 42.5 Å². The predicted octanol–water partition coefficient (Wildman–Crippen LogP) is 3.79. The quantitative estimate of drug-likeness (QED) is 0.244. The number of sulfonamides is 1. The predicted molar refractivity (Wildman–Crippen MR) is 131 cm³/mol. The molecular weight excluding hydrogens is 483 g/mol. The van der Waals surface area contributed by atoms with Crippen molar-refractivity contribution in [3.63, 3.8) is 0 Å². The summed E-state index contributed by atoms with van der Waals surface area (Å²) in [6.45, 7) is 0. The van der Waals surface area contributed by atoms with Gasteiger partial charge in [0.15, 0.2) is 6.19 Å². The number of halogens is 1. The number of fused-ring (bicyclic) bond motifs is 1. The number of carbonyl (C=O) groups is 1. The van der Waals surface area contributed by atoms with Gasteiger partial charge in [-0.25, -0.2) is 17.8 Å². The Kier molecular flexibility index (Phi) is 6.81. The summed E-state index contributed by atoms with van der Waals surface area (Å²) in [6.07, 6.45) is 2.83. The maximum absolute atomic E-state index is 14.0. The Labute approximate surface area is 206 Å². The lowest BCUT2D eigenvalue weighted by atomic mass is 10.1. The second-order valence-corrected chi connectivity index (χ2v) is 9.01. The minimum Gasteiger partial charge on any atom is -0.496 e. The zero-order chi connectivity index (χ0) is 25.7. The molecule has 4 aromatic rings. The number of hydrogen-bond donors (Lipinski definition) is 2. The van der Waals surface area contributed by atoms with Crippen molar-refractivity contribution < 1.29 is 22.3 Å². The highest BCUT2D eigenvalue weighted by molar-refractivity contribution is 7.93. The summed E-state index contributed by atoms with van der Waals surface area (Å²) in [5, 5.41) is 11.6. The standard InChI is InChI=1S/C26H17FN4O4S/c1-35-24-12-13-25(21-5-3-2-4-20(21)24)36(33,34)31-22-11-9-19(27)14-18(22)8-6-17-7-10-23(29-15-17)26(32)30-16-28/h2-5,7,9-15,31H,1H3,(H,30,32). The molecule has 1 aromatic heterocycles. The first-order chi connectivity index (χ1) is 17.3. The topological polar surface area (TPSA) is 121 Å². The van der Waals surface area contributed by atoms with Gasteiger partial charge < -0.3 is 4.74 Å². The fourth-order valence-corrected chi connectivity index (χ4v) is 4.71. The summed E-state index contributed by atoms with van der Waals surface area (Å²) in [5.74, 6) is 4.78. The lowest BCUT2D eigenvalue weighted by molar-refractivity contribution is 0.0968. The molecule has 0 fully saturated rings. The maximum Gasteiger partial charge on any atom is 0.282 e. The number of hydrogen-bond acceptors (Lipinski definition) is 6. The van der Waals surface area contributed by atoms with Crippen molar-refractivity contribution in [3.8, 4) is 23.8 Å². The number of methoxy groups -OCH3 is 1. The second-order valence-electron chi connectivity index (χ2n) is 7.35. The Bertz CT molecular complexity index is 1690. The number of amides is 1. The Morgan fingerprint density at radius 3 is 2.50 bits per heavy atom. The van der Waals surface area contributed by atoms with Crippen LogP contribution in [0.5, 0.6) is 5.75 Å². The molecule has 3 aromatic carbocycles. The molecular formula is C26H17FN4O4S. The van der Waals surface area contributed by atoms with E-state index in [2.05, 4.69) is 21.5 Å². The normalized spacial score (nSPS) is 10.6. The van der Waals surface area contributed by atoms with Gasteiger partial charge in [-0.1, -0.05) is 36.1 Å². The molecule has 8 nitrogen and oxygen atoms in total. The average molecular weight is 501 g/mol. The van der Waals surface area contributed by atoms with Gasteiger partial charge in [-0.3, -0.25) is 14.8 Å². The molecule has 0 aliphatic rings. The van der Waals surface area contributed by atoms with Crippen LogP contribution in [0.4, 0.5) is 10.1 Å². The van der Waals surface area contributed by atoms with E-state index in [1.807, 2.05) is 5.32 Å². The summed E-state index contributed by atoms with van der Waals surface area (Å²) < 4.78 is 48.5. The van der Waals surface area contributed by atoms with E-state index in [0.717, 1.165) is 12.1 Å². The lowest BCUT2D eigenvalue weighted by Gasteiger charge is -2.13. The zero-order valence-electron chi connectivity index (χ0n) is 18.7. The number of pyridine rings is 1. The van der Waals surface area contributed by atoms with Crippen LogP contribution in [0.3, 0.4) is 0 Å². The van der Waals surface area contributed by atoms with Gasteiger partial charge in [-0.15, -0.1) is 0 Å². The highest BCUT2D eigenvalue weighted by Crippen LogP contribution is 2.32. The summed E-state index contributed by atoms with van der Waals surface area (Å²) in [7, 11) is -2.58. The molecule has 1 amide bonds. The van der Waals surface area contributed by atoms with Gasteiger partial charge in [0.05, 0.1) is 23.3 Å². The molecule has 0 aliphatic heterocycles. The van der Waals surface area contributed by atoms with Crippen LogP contribution in [0.1, 0.15) is 21.6 Å². The summed E-state index contributed by atoms with van der Waals surface area (Å²) in [6, 6.07) is 16.3. The number of anilines is 1. The molecule has 0 aliphatic carbocycles. The van der Waals surface area contributed by atoms with Gasteiger partial charge in [0.1, 0.15) is 17.3 Å². The Morgan fingerprint density at radius 1 is 1.03 bits per heavy atom. The van der Waals surface area contributed by atoms with Crippen LogP contribution in [-0.4, -0.2) is 26.4 Å². The van der Waals surface area contributed by atoms with E-state index < -0.39 is 21.7 Å². The molecule has 10 heteroatoms. The SMILES string of the molecule is COc1ccc(S(=O)(=O)Nc2ccc(F)cc2C#Cc2ccc(C(=O)NC#N)nc2)c2ccccc12. The van der Waals surface area contributed by atoms with Crippen molar-refractivity contribution in [2.24, 2.45) is 0 Å². The van der Waals surface area contributed by atoms with Gasteiger partial charge in [0.2, 0.25) is 0 Å². The third-order valence-electron chi connectivity index (χ3n) is 5.09. The second kappa shape index (κ2) is 10.1. The minimum atomic E-state index is -4.08. The monoisotopic (exact) mass is 500 g/mol. The fourth-order valence-electron chi connectivity index (χ4n) is 3.42. The van der Waals surface area contributed by atoms with Gasteiger partial charge in [-0.2, -0.15) is 5.26 Å². The molecule has 4 rings (SSSR count). The van der Waals surface area contributed by atoms with Crippen molar-refractivity contribution in [2.75, 3.05) is 11.8 Å². The van der Waals surface area contributed by atoms with E-state index in [-0.39, 0.29) is 21.8 Å². The number of aromatic nitrogens is 1. The third-order valence-corrected chi connectivity index (χ3v) is 6.51. The molecule has 0 unspecified atom stereocenters. The van der Waals surface area contributed by atoms with E-state index in [4.69, 9.17) is 10.00 Å². The Hall–Kier alpha value is -4.93. The number of nitriles is 1. The molecule has 1 heterocycles. The highest BCUT2D eigenvalue weighted by Gasteiger charge is 2.20. The highest BCUT2D eigenvalue weighted by atomic mass is 32.2. The number of nitrogens with zero attached hydrogens (tertiary/aromatic N) is 2. The molecule has 178 valence electrons. The average Bonchev–Trinajstić information content (AvgIpc) is 2.88. The maximum atomic E-state index is 14.0. The number of benzene rings is 3. The molecule has 0 bridgehead atoms. The van der Waals surface area contributed by atoms with Crippen molar-refractivity contribution >= 4 is 32.4 Å². The number of nitrogens with one attached hydrogen (secondary N) is 2. The van der Waals surface area contributed by atoms with Crippen LogP contribution in [0.25, 0.3) is 10.8 Å².